The average molecular weight is 245 g/mol. The molecule has 0 atom stereocenters. The molecule has 1 aliphatic carbocycles. The van der Waals surface area contributed by atoms with Crippen LogP contribution < -0.4 is 0 Å². The van der Waals surface area contributed by atoms with E-state index in [9.17, 15) is 0 Å². The molecule has 0 saturated heterocycles. The minimum Gasteiger partial charge on any atom is -0.232 e. The summed E-state index contributed by atoms with van der Waals surface area (Å²) in [6, 6.07) is 11.9. The largest absolute Gasteiger partial charge is 0.232 e. The van der Waals surface area contributed by atoms with Gasteiger partial charge in [0.05, 0.1) is 5.69 Å². The fraction of sp³-hybridized carbons (Fsp3) is 0.286. The Morgan fingerprint density at radius 1 is 1.12 bits per heavy atom. The van der Waals surface area contributed by atoms with Gasteiger partial charge in [-0.25, -0.2) is 9.97 Å². The fourth-order valence-electron chi connectivity index (χ4n) is 1.86. The fourth-order valence-corrected chi connectivity index (χ4v) is 2.04. The van der Waals surface area contributed by atoms with Gasteiger partial charge in [0.2, 0.25) is 0 Å². The maximum Gasteiger partial charge on any atom is 0.136 e. The summed E-state index contributed by atoms with van der Waals surface area (Å²) in [6.45, 7) is 2.19. The van der Waals surface area contributed by atoms with E-state index in [1.807, 2.05) is 36.4 Å². The molecule has 0 radical (unpaired) electrons. The summed E-state index contributed by atoms with van der Waals surface area (Å²) in [4.78, 5) is 8.99. The van der Waals surface area contributed by atoms with Crippen LogP contribution in [0.4, 0.5) is 0 Å². The molecule has 0 bridgehead atoms. The maximum atomic E-state index is 6.08. The molecule has 17 heavy (non-hydrogen) atoms. The highest BCUT2D eigenvalue weighted by molar-refractivity contribution is 6.29. The zero-order chi connectivity index (χ0) is 11.9. The summed E-state index contributed by atoms with van der Waals surface area (Å²) < 4.78 is 0. The number of benzene rings is 1. The molecule has 1 fully saturated rings. The van der Waals surface area contributed by atoms with Crippen LogP contribution in [0.3, 0.4) is 0 Å². The van der Waals surface area contributed by atoms with E-state index < -0.39 is 0 Å². The summed E-state index contributed by atoms with van der Waals surface area (Å²) in [6.07, 6.45) is 2.31. The third-order valence-electron chi connectivity index (χ3n) is 3.30. The third kappa shape index (κ3) is 2.05. The van der Waals surface area contributed by atoms with E-state index in [0.29, 0.717) is 5.15 Å². The van der Waals surface area contributed by atoms with E-state index in [1.54, 1.807) is 0 Å². The smallest absolute Gasteiger partial charge is 0.136 e. The first-order chi connectivity index (χ1) is 8.17. The van der Waals surface area contributed by atoms with E-state index in [4.69, 9.17) is 11.6 Å². The number of nitrogens with zero attached hydrogens (tertiary/aromatic N) is 2. The molecule has 3 rings (SSSR count). The predicted molar refractivity (Wildman–Crippen MR) is 69.1 cm³/mol. The van der Waals surface area contributed by atoms with Gasteiger partial charge >= 0.3 is 0 Å². The van der Waals surface area contributed by atoms with Crippen molar-refractivity contribution < 1.29 is 0 Å². The molecule has 1 aliphatic rings. The van der Waals surface area contributed by atoms with Crippen LogP contribution >= 0.6 is 11.6 Å². The molecule has 1 aromatic carbocycles. The summed E-state index contributed by atoms with van der Waals surface area (Å²) in [5, 5.41) is 0.530. The van der Waals surface area contributed by atoms with Crippen molar-refractivity contribution in [2.45, 2.75) is 25.2 Å². The molecule has 1 saturated carbocycles. The second-order valence-electron chi connectivity index (χ2n) is 4.83. The van der Waals surface area contributed by atoms with Crippen molar-refractivity contribution in [3.05, 3.63) is 47.4 Å². The number of hydrogen-bond acceptors (Lipinski definition) is 2. The SMILES string of the molecule is CC1(c2nc(Cl)cc(-c3ccccc3)n2)CC1. The van der Waals surface area contributed by atoms with E-state index in [-0.39, 0.29) is 5.41 Å². The van der Waals surface area contributed by atoms with Gasteiger partial charge in [0.1, 0.15) is 11.0 Å². The first kappa shape index (κ1) is 10.7. The molecule has 0 N–H and O–H groups in total. The Balaban J connectivity index is 2.09. The highest BCUT2D eigenvalue weighted by Gasteiger charge is 2.42. The van der Waals surface area contributed by atoms with Crippen LogP contribution in [0.25, 0.3) is 11.3 Å². The zero-order valence-electron chi connectivity index (χ0n) is 9.65. The van der Waals surface area contributed by atoms with E-state index in [2.05, 4.69) is 16.9 Å². The molecule has 0 aliphatic heterocycles. The van der Waals surface area contributed by atoms with Crippen molar-refractivity contribution in [3.8, 4) is 11.3 Å². The van der Waals surface area contributed by atoms with Crippen LogP contribution in [-0.2, 0) is 5.41 Å². The van der Waals surface area contributed by atoms with Gasteiger partial charge in [0.25, 0.3) is 0 Å². The van der Waals surface area contributed by atoms with Gasteiger partial charge in [-0.1, -0.05) is 48.9 Å². The summed E-state index contributed by atoms with van der Waals surface area (Å²) in [7, 11) is 0. The molecule has 0 spiro atoms. The van der Waals surface area contributed by atoms with Crippen molar-refractivity contribution in [3.63, 3.8) is 0 Å². The van der Waals surface area contributed by atoms with E-state index in [1.165, 1.54) is 0 Å². The third-order valence-corrected chi connectivity index (χ3v) is 3.50. The molecule has 3 heteroatoms. The molecule has 2 aromatic rings. The van der Waals surface area contributed by atoms with Crippen molar-refractivity contribution in [2.75, 3.05) is 0 Å². The van der Waals surface area contributed by atoms with Crippen LogP contribution in [0.1, 0.15) is 25.6 Å². The molecule has 86 valence electrons. The number of hydrogen-bond donors (Lipinski definition) is 0. The Hall–Kier alpha value is -1.41. The average Bonchev–Trinajstić information content (AvgIpc) is 3.09. The second kappa shape index (κ2) is 3.81. The molecule has 0 amide bonds. The standard InChI is InChI=1S/C14H13ClN2/c1-14(7-8-14)13-16-11(9-12(15)17-13)10-5-3-2-4-6-10/h2-6,9H,7-8H2,1H3. The number of rotatable bonds is 2. The minimum atomic E-state index is 0.147. The zero-order valence-corrected chi connectivity index (χ0v) is 10.4. The Morgan fingerprint density at radius 3 is 2.47 bits per heavy atom. The van der Waals surface area contributed by atoms with Crippen LogP contribution in [0.5, 0.6) is 0 Å². The molecule has 0 unspecified atom stereocenters. The van der Waals surface area contributed by atoms with E-state index in [0.717, 1.165) is 29.9 Å². The van der Waals surface area contributed by atoms with Gasteiger partial charge in [-0.2, -0.15) is 0 Å². The topological polar surface area (TPSA) is 25.8 Å². The predicted octanol–water partition coefficient (Wildman–Crippen LogP) is 3.85. The lowest BCUT2D eigenvalue weighted by atomic mass is 10.1. The Bertz CT molecular complexity index is 547. The monoisotopic (exact) mass is 244 g/mol. The van der Waals surface area contributed by atoms with Crippen LogP contribution in [0, 0.1) is 0 Å². The normalized spacial score (nSPS) is 16.8. The quantitative estimate of drug-likeness (QED) is 0.750. The van der Waals surface area contributed by atoms with Crippen molar-refractivity contribution in [1.82, 2.24) is 9.97 Å². The highest BCUT2D eigenvalue weighted by Crippen LogP contribution is 2.46. The van der Waals surface area contributed by atoms with Crippen LogP contribution in [-0.4, -0.2) is 9.97 Å². The van der Waals surface area contributed by atoms with Crippen molar-refractivity contribution >= 4 is 11.6 Å². The first-order valence-corrected chi connectivity index (χ1v) is 6.16. The Morgan fingerprint density at radius 2 is 1.82 bits per heavy atom. The molecule has 1 heterocycles. The lowest BCUT2D eigenvalue weighted by Crippen LogP contribution is -2.07. The summed E-state index contributed by atoms with van der Waals surface area (Å²) >= 11 is 6.08. The van der Waals surface area contributed by atoms with Gasteiger partial charge < -0.3 is 0 Å². The number of aromatic nitrogens is 2. The second-order valence-corrected chi connectivity index (χ2v) is 5.21. The maximum absolute atomic E-state index is 6.08. The van der Waals surface area contributed by atoms with Gasteiger partial charge in [0.15, 0.2) is 0 Å². The van der Waals surface area contributed by atoms with Crippen molar-refractivity contribution in [2.24, 2.45) is 0 Å². The number of halogens is 1. The van der Waals surface area contributed by atoms with Gasteiger partial charge in [-0.05, 0) is 12.8 Å². The summed E-state index contributed by atoms with van der Waals surface area (Å²) in [5.41, 5.74) is 2.14. The lowest BCUT2D eigenvalue weighted by Gasteiger charge is -2.09. The Kier molecular flexibility index (Phi) is 2.40. The van der Waals surface area contributed by atoms with Gasteiger partial charge in [0, 0.05) is 17.0 Å². The molecule has 1 aromatic heterocycles. The molecular formula is C14H13ClN2. The minimum absolute atomic E-state index is 0.147. The lowest BCUT2D eigenvalue weighted by molar-refractivity contribution is 0.710. The first-order valence-electron chi connectivity index (χ1n) is 5.78. The van der Waals surface area contributed by atoms with Crippen LogP contribution in [0.15, 0.2) is 36.4 Å². The molecular weight excluding hydrogens is 232 g/mol. The van der Waals surface area contributed by atoms with Crippen LogP contribution in [0.2, 0.25) is 5.15 Å². The van der Waals surface area contributed by atoms with Gasteiger partial charge in [-0.15, -0.1) is 0 Å². The van der Waals surface area contributed by atoms with Crippen molar-refractivity contribution in [1.29, 1.82) is 0 Å². The van der Waals surface area contributed by atoms with Gasteiger partial charge in [-0.3, -0.25) is 0 Å². The summed E-state index contributed by atoms with van der Waals surface area (Å²) in [5.74, 6) is 0.879. The molecule has 2 nitrogen and oxygen atoms in total. The highest BCUT2D eigenvalue weighted by atomic mass is 35.5. The Labute approximate surface area is 106 Å². The van der Waals surface area contributed by atoms with E-state index >= 15 is 0 Å².